The number of nitrogens with zero attached hydrogens (tertiary/aromatic N) is 2. The van der Waals surface area contributed by atoms with Crippen LogP contribution in [0, 0.1) is 0 Å². The minimum absolute atomic E-state index is 0.300. The van der Waals surface area contributed by atoms with E-state index in [0.717, 1.165) is 0 Å². The van der Waals surface area contributed by atoms with Crippen LogP contribution in [0.2, 0.25) is 0 Å². The zero-order valence-electron chi connectivity index (χ0n) is 15.1. The average Bonchev–Trinajstić information content (AvgIpc) is 3.01. The van der Waals surface area contributed by atoms with Gasteiger partial charge in [-0.25, -0.2) is 4.79 Å². The number of anilines is 2. The Morgan fingerprint density at radius 2 is 1.85 bits per heavy atom. The topological polar surface area (TPSA) is 80.6 Å². The summed E-state index contributed by atoms with van der Waals surface area (Å²) in [7, 11) is 1.72. The molecular weight excluding hydrogens is 334 g/mol. The Labute approximate surface area is 151 Å². The number of hydrogen-bond donors (Lipinski definition) is 1. The summed E-state index contributed by atoms with van der Waals surface area (Å²) in [5.74, 6) is -1.35. The Morgan fingerprint density at radius 1 is 1.15 bits per heavy atom. The van der Waals surface area contributed by atoms with Gasteiger partial charge in [0.15, 0.2) is 6.10 Å². The summed E-state index contributed by atoms with van der Waals surface area (Å²) in [4.78, 5) is 39.2. The Bertz CT molecular complexity index is 884. The monoisotopic (exact) mass is 355 g/mol. The van der Waals surface area contributed by atoms with Crippen molar-refractivity contribution in [1.82, 2.24) is 4.57 Å². The van der Waals surface area contributed by atoms with Crippen molar-refractivity contribution in [2.24, 2.45) is 7.05 Å². The van der Waals surface area contributed by atoms with E-state index in [0.29, 0.717) is 17.1 Å². The third-order valence-corrected chi connectivity index (χ3v) is 4.51. The maximum Gasteiger partial charge on any atom is 0.355 e. The molecule has 0 spiro atoms. The minimum atomic E-state index is -1.11. The number of esters is 1. The summed E-state index contributed by atoms with van der Waals surface area (Å²) in [5, 5.41) is 2.80. The van der Waals surface area contributed by atoms with E-state index in [-0.39, 0.29) is 5.91 Å². The van der Waals surface area contributed by atoms with Gasteiger partial charge in [0.1, 0.15) is 11.2 Å². The smallest absolute Gasteiger partial charge is 0.355 e. The number of rotatable bonds is 3. The second-order valence-electron chi connectivity index (χ2n) is 6.76. The van der Waals surface area contributed by atoms with E-state index >= 15 is 0 Å². The van der Waals surface area contributed by atoms with Crippen LogP contribution in [0.3, 0.4) is 0 Å². The van der Waals surface area contributed by atoms with Crippen LogP contribution in [0.25, 0.3) is 0 Å². The molecular formula is C19H21N3O4. The van der Waals surface area contributed by atoms with Crippen LogP contribution in [0.15, 0.2) is 42.6 Å². The van der Waals surface area contributed by atoms with Gasteiger partial charge in [-0.3, -0.25) is 14.5 Å². The average molecular weight is 355 g/mol. The normalized spacial score (nSPS) is 16.5. The number of aromatic nitrogens is 1. The van der Waals surface area contributed by atoms with Crippen molar-refractivity contribution in [1.29, 1.82) is 0 Å². The number of aryl methyl sites for hydroxylation is 1. The van der Waals surface area contributed by atoms with Crippen LogP contribution in [-0.2, 0) is 21.4 Å². The highest BCUT2D eigenvalue weighted by Crippen LogP contribution is 2.37. The van der Waals surface area contributed by atoms with Crippen molar-refractivity contribution in [2.75, 3.05) is 10.2 Å². The number of amides is 2. The number of nitrogens with one attached hydrogen (secondary N) is 1. The summed E-state index contributed by atoms with van der Waals surface area (Å²) in [6.45, 7) is 4.82. The molecule has 0 unspecified atom stereocenters. The van der Waals surface area contributed by atoms with E-state index < -0.39 is 23.5 Å². The SMILES string of the molecule is C[C@@H](OC(=O)c1cccn1C)C(=O)N1c2ccccc2NC(=O)C1(C)C. The molecule has 1 aliphatic heterocycles. The minimum Gasteiger partial charge on any atom is -0.448 e. The molecule has 1 aliphatic rings. The lowest BCUT2D eigenvalue weighted by molar-refractivity contribution is -0.131. The van der Waals surface area contributed by atoms with E-state index in [4.69, 9.17) is 4.74 Å². The molecule has 2 aromatic rings. The van der Waals surface area contributed by atoms with Crippen LogP contribution >= 0.6 is 0 Å². The first-order valence-corrected chi connectivity index (χ1v) is 8.30. The van der Waals surface area contributed by atoms with Gasteiger partial charge in [0, 0.05) is 13.2 Å². The molecule has 3 rings (SSSR count). The van der Waals surface area contributed by atoms with E-state index in [2.05, 4.69) is 5.32 Å². The van der Waals surface area contributed by atoms with E-state index in [9.17, 15) is 14.4 Å². The van der Waals surface area contributed by atoms with Crippen LogP contribution in [0.5, 0.6) is 0 Å². The lowest BCUT2D eigenvalue weighted by Gasteiger charge is -2.42. The molecule has 7 nitrogen and oxygen atoms in total. The van der Waals surface area contributed by atoms with E-state index in [1.165, 1.54) is 11.8 Å². The van der Waals surface area contributed by atoms with Gasteiger partial charge in [0.05, 0.1) is 11.4 Å². The predicted octanol–water partition coefficient (Wildman–Crippen LogP) is 2.33. The van der Waals surface area contributed by atoms with Crippen LogP contribution in [0.1, 0.15) is 31.3 Å². The number of ether oxygens (including phenoxy) is 1. The van der Waals surface area contributed by atoms with Gasteiger partial charge in [0.2, 0.25) is 5.91 Å². The molecule has 0 fully saturated rings. The van der Waals surface area contributed by atoms with Gasteiger partial charge < -0.3 is 14.6 Å². The molecule has 1 aromatic heterocycles. The maximum absolute atomic E-state index is 13.1. The molecule has 1 atom stereocenters. The third kappa shape index (κ3) is 2.85. The maximum atomic E-state index is 13.1. The van der Waals surface area contributed by atoms with Gasteiger partial charge in [0.25, 0.3) is 5.91 Å². The third-order valence-electron chi connectivity index (χ3n) is 4.51. The molecule has 1 aromatic carbocycles. The number of para-hydroxylation sites is 2. The first kappa shape index (κ1) is 17.7. The molecule has 0 radical (unpaired) electrons. The zero-order chi connectivity index (χ0) is 19.1. The zero-order valence-corrected chi connectivity index (χ0v) is 15.1. The van der Waals surface area contributed by atoms with Crippen LogP contribution in [-0.4, -0.2) is 34.0 Å². The predicted molar refractivity (Wildman–Crippen MR) is 96.9 cm³/mol. The van der Waals surface area contributed by atoms with Gasteiger partial charge in [-0.15, -0.1) is 0 Å². The number of fused-ring (bicyclic) bond motifs is 1. The summed E-state index contributed by atoms with van der Waals surface area (Å²) < 4.78 is 6.97. The molecule has 0 saturated carbocycles. The number of benzene rings is 1. The largest absolute Gasteiger partial charge is 0.448 e. The van der Waals surface area contributed by atoms with E-state index in [1.807, 2.05) is 0 Å². The van der Waals surface area contributed by atoms with Crippen LogP contribution in [0.4, 0.5) is 11.4 Å². The Kier molecular flexibility index (Phi) is 4.31. The fraction of sp³-hybridized carbons (Fsp3) is 0.316. The number of carbonyl (C=O) groups excluding carboxylic acids is 3. The van der Waals surface area contributed by atoms with Crippen molar-refractivity contribution in [3.8, 4) is 0 Å². The van der Waals surface area contributed by atoms with Gasteiger partial charge >= 0.3 is 5.97 Å². The Balaban J connectivity index is 1.89. The van der Waals surface area contributed by atoms with E-state index in [1.54, 1.807) is 68.1 Å². The number of carbonyl (C=O) groups is 3. The van der Waals surface area contributed by atoms with Crippen molar-refractivity contribution >= 4 is 29.2 Å². The highest BCUT2D eigenvalue weighted by molar-refractivity contribution is 6.15. The molecule has 7 heteroatoms. The van der Waals surface area contributed by atoms with Gasteiger partial charge in [-0.1, -0.05) is 12.1 Å². The molecule has 136 valence electrons. The molecule has 2 heterocycles. The quantitative estimate of drug-likeness (QED) is 0.857. The molecule has 0 bridgehead atoms. The Hall–Kier alpha value is -3.09. The van der Waals surface area contributed by atoms with Crippen molar-refractivity contribution in [3.63, 3.8) is 0 Å². The molecule has 0 saturated heterocycles. The highest BCUT2D eigenvalue weighted by Gasteiger charge is 2.45. The summed E-state index contributed by atoms with van der Waals surface area (Å²) in [6, 6.07) is 10.4. The molecule has 26 heavy (non-hydrogen) atoms. The van der Waals surface area contributed by atoms with Gasteiger partial charge in [-0.05, 0) is 45.0 Å². The first-order valence-electron chi connectivity index (χ1n) is 8.30. The van der Waals surface area contributed by atoms with Crippen LogP contribution < -0.4 is 10.2 Å². The summed E-state index contributed by atoms with van der Waals surface area (Å²) >= 11 is 0. The van der Waals surface area contributed by atoms with Crippen molar-refractivity contribution in [2.45, 2.75) is 32.4 Å². The van der Waals surface area contributed by atoms with Gasteiger partial charge in [-0.2, -0.15) is 0 Å². The lowest BCUT2D eigenvalue weighted by atomic mass is 9.95. The molecule has 2 amide bonds. The lowest BCUT2D eigenvalue weighted by Crippen LogP contribution is -2.60. The first-order chi connectivity index (χ1) is 12.2. The van der Waals surface area contributed by atoms with Crippen molar-refractivity contribution in [3.05, 3.63) is 48.3 Å². The fourth-order valence-corrected chi connectivity index (χ4v) is 2.97. The highest BCUT2D eigenvalue weighted by atomic mass is 16.5. The Morgan fingerprint density at radius 3 is 2.50 bits per heavy atom. The second kappa shape index (κ2) is 6.33. The molecule has 1 N–H and O–H groups in total. The summed E-state index contributed by atoms with van der Waals surface area (Å²) in [5.41, 5.74) is 0.354. The molecule has 0 aliphatic carbocycles. The standard InChI is InChI=1S/C19H21N3O4/c1-12(26-17(24)15-10-7-11-21(15)4)16(23)22-14-9-6-5-8-13(14)20-18(25)19(22,2)3/h5-12H,1-4H3,(H,20,25)/t12-/m1/s1. The summed E-state index contributed by atoms with van der Waals surface area (Å²) in [6.07, 6.45) is 0.674. The number of hydrogen-bond acceptors (Lipinski definition) is 4. The second-order valence-corrected chi connectivity index (χ2v) is 6.76. The fourth-order valence-electron chi connectivity index (χ4n) is 2.97. The van der Waals surface area contributed by atoms with Crippen molar-refractivity contribution < 1.29 is 19.1 Å².